The number of nitrogens with one attached hydrogen (secondary N) is 1. The maximum absolute atomic E-state index is 12.6. The molecular formula is C16H12N6O2. The van der Waals surface area contributed by atoms with Crippen molar-refractivity contribution in [2.75, 3.05) is 5.32 Å². The van der Waals surface area contributed by atoms with Gasteiger partial charge in [0.15, 0.2) is 11.5 Å². The highest BCUT2D eigenvalue weighted by atomic mass is 16.3. The average Bonchev–Trinajstić information content (AvgIpc) is 3.23. The summed E-state index contributed by atoms with van der Waals surface area (Å²) in [5.74, 6) is 0.314. The first kappa shape index (κ1) is 14.1. The predicted molar refractivity (Wildman–Crippen MR) is 85.9 cm³/mol. The van der Waals surface area contributed by atoms with Gasteiger partial charge in [0.25, 0.3) is 5.91 Å². The Morgan fingerprint density at radius 3 is 2.92 bits per heavy atom. The lowest BCUT2D eigenvalue weighted by molar-refractivity contribution is 0.102. The summed E-state index contributed by atoms with van der Waals surface area (Å²) in [6, 6.07) is 12.4. The minimum absolute atomic E-state index is 0.267. The number of para-hydroxylation sites is 1. The maximum atomic E-state index is 12.6. The predicted octanol–water partition coefficient (Wildman–Crippen LogP) is 2.36. The first-order chi connectivity index (χ1) is 11.7. The van der Waals surface area contributed by atoms with Crippen LogP contribution in [0.4, 0.5) is 5.69 Å². The quantitative estimate of drug-likeness (QED) is 0.622. The number of hydrogen-bond donors (Lipinski definition) is 1. The van der Waals surface area contributed by atoms with Gasteiger partial charge in [-0.05, 0) is 34.7 Å². The zero-order valence-corrected chi connectivity index (χ0v) is 12.7. The molecule has 0 fully saturated rings. The molecule has 0 spiro atoms. The van der Waals surface area contributed by atoms with Crippen molar-refractivity contribution in [3.8, 4) is 5.69 Å². The van der Waals surface area contributed by atoms with Crippen LogP contribution in [0.5, 0.6) is 0 Å². The number of aryl methyl sites for hydroxylation is 1. The van der Waals surface area contributed by atoms with Crippen LogP contribution in [-0.2, 0) is 0 Å². The summed E-state index contributed by atoms with van der Waals surface area (Å²) in [6.07, 6.45) is 1.44. The molecule has 4 aromatic rings. The number of nitrogens with zero attached hydrogens (tertiary/aromatic N) is 5. The SMILES string of the molecule is Cc1nc2ccc(NC(=O)c3ccccc3-n3cnnn3)cc2o1. The van der Waals surface area contributed by atoms with Crippen LogP contribution in [0.3, 0.4) is 0 Å². The Balaban J connectivity index is 1.66. The van der Waals surface area contributed by atoms with Gasteiger partial charge >= 0.3 is 0 Å². The maximum Gasteiger partial charge on any atom is 0.257 e. The summed E-state index contributed by atoms with van der Waals surface area (Å²) in [6.45, 7) is 1.78. The number of benzene rings is 2. The summed E-state index contributed by atoms with van der Waals surface area (Å²) in [4.78, 5) is 16.9. The van der Waals surface area contributed by atoms with Crippen molar-refractivity contribution >= 4 is 22.7 Å². The molecule has 0 aliphatic heterocycles. The lowest BCUT2D eigenvalue weighted by Gasteiger charge is -2.09. The molecule has 0 aliphatic carbocycles. The van der Waals surface area contributed by atoms with E-state index in [0.29, 0.717) is 28.4 Å². The fourth-order valence-corrected chi connectivity index (χ4v) is 2.45. The van der Waals surface area contributed by atoms with Gasteiger partial charge in [0, 0.05) is 18.7 Å². The molecule has 0 radical (unpaired) electrons. The van der Waals surface area contributed by atoms with E-state index in [1.54, 1.807) is 43.3 Å². The summed E-state index contributed by atoms with van der Waals surface area (Å²) in [5, 5.41) is 13.9. The normalized spacial score (nSPS) is 10.9. The number of carbonyl (C=O) groups excluding carboxylic acids is 1. The number of anilines is 1. The Morgan fingerprint density at radius 1 is 1.21 bits per heavy atom. The first-order valence-corrected chi connectivity index (χ1v) is 7.21. The molecule has 0 saturated heterocycles. The Labute approximate surface area is 136 Å². The van der Waals surface area contributed by atoms with Crippen molar-refractivity contribution in [3.05, 3.63) is 60.2 Å². The van der Waals surface area contributed by atoms with E-state index in [4.69, 9.17) is 4.42 Å². The standard InChI is InChI=1S/C16H12N6O2/c1-10-18-13-7-6-11(8-15(13)24-10)19-16(23)12-4-2-3-5-14(12)22-9-17-20-21-22/h2-9H,1H3,(H,19,23). The van der Waals surface area contributed by atoms with Crippen LogP contribution in [0.25, 0.3) is 16.8 Å². The van der Waals surface area contributed by atoms with Gasteiger partial charge in [0.2, 0.25) is 0 Å². The number of fused-ring (bicyclic) bond motifs is 1. The Kier molecular flexibility index (Phi) is 3.27. The molecule has 0 aliphatic rings. The zero-order chi connectivity index (χ0) is 16.5. The lowest BCUT2D eigenvalue weighted by Crippen LogP contribution is -2.15. The molecule has 8 heteroatoms. The fourth-order valence-electron chi connectivity index (χ4n) is 2.45. The number of tetrazole rings is 1. The van der Waals surface area contributed by atoms with E-state index in [9.17, 15) is 4.79 Å². The molecule has 2 heterocycles. The molecule has 2 aromatic carbocycles. The number of rotatable bonds is 3. The number of carbonyl (C=O) groups is 1. The molecule has 0 saturated carbocycles. The van der Waals surface area contributed by atoms with Crippen molar-refractivity contribution in [2.45, 2.75) is 6.92 Å². The highest BCUT2D eigenvalue weighted by Gasteiger charge is 2.14. The van der Waals surface area contributed by atoms with Crippen molar-refractivity contribution < 1.29 is 9.21 Å². The van der Waals surface area contributed by atoms with Crippen molar-refractivity contribution in [2.24, 2.45) is 0 Å². The van der Waals surface area contributed by atoms with Crippen LogP contribution in [-0.4, -0.2) is 31.1 Å². The molecule has 118 valence electrons. The topological polar surface area (TPSA) is 98.7 Å². The summed E-state index contributed by atoms with van der Waals surface area (Å²) >= 11 is 0. The summed E-state index contributed by atoms with van der Waals surface area (Å²) in [5.41, 5.74) is 3.05. The van der Waals surface area contributed by atoms with Crippen LogP contribution >= 0.6 is 0 Å². The molecule has 0 atom stereocenters. The molecule has 0 unspecified atom stereocenters. The van der Waals surface area contributed by atoms with Gasteiger partial charge in [-0.15, -0.1) is 5.10 Å². The van der Waals surface area contributed by atoms with Crippen molar-refractivity contribution in [1.29, 1.82) is 0 Å². The highest BCUT2D eigenvalue weighted by Crippen LogP contribution is 2.21. The minimum atomic E-state index is -0.267. The number of aromatic nitrogens is 5. The van der Waals surface area contributed by atoms with Gasteiger partial charge in [-0.25, -0.2) is 4.98 Å². The van der Waals surface area contributed by atoms with Gasteiger partial charge in [-0.2, -0.15) is 4.68 Å². The first-order valence-electron chi connectivity index (χ1n) is 7.21. The van der Waals surface area contributed by atoms with Gasteiger partial charge < -0.3 is 9.73 Å². The number of hydrogen-bond acceptors (Lipinski definition) is 6. The molecule has 4 rings (SSSR count). The Bertz CT molecular complexity index is 1020. The molecule has 1 amide bonds. The summed E-state index contributed by atoms with van der Waals surface area (Å²) in [7, 11) is 0. The number of amides is 1. The molecule has 1 N–H and O–H groups in total. The third kappa shape index (κ3) is 2.50. The second-order valence-corrected chi connectivity index (χ2v) is 5.14. The van der Waals surface area contributed by atoms with E-state index in [1.165, 1.54) is 11.0 Å². The lowest BCUT2D eigenvalue weighted by atomic mass is 10.1. The second kappa shape index (κ2) is 5.58. The molecular weight excluding hydrogens is 308 g/mol. The van der Waals surface area contributed by atoms with Gasteiger partial charge in [-0.1, -0.05) is 12.1 Å². The highest BCUT2D eigenvalue weighted by molar-refractivity contribution is 6.07. The molecule has 2 aromatic heterocycles. The Morgan fingerprint density at radius 2 is 2.08 bits per heavy atom. The van der Waals surface area contributed by atoms with Gasteiger partial charge in [0.05, 0.1) is 11.3 Å². The minimum Gasteiger partial charge on any atom is -0.441 e. The zero-order valence-electron chi connectivity index (χ0n) is 12.7. The van der Waals surface area contributed by atoms with Gasteiger partial charge in [0.1, 0.15) is 11.8 Å². The fraction of sp³-hybridized carbons (Fsp3) is 0.0625. The van der Waals surface area contributed by atoms with E-state index >= 15 is 0 Å². The van der Waals surface area contributed by atoms with Crippen molar-refractivity contribution in [3.63, 3.8) is 0 Å². The molecule has 0 bridgehead atoms. The van der Waals surface area contributed by atoms with Crippen molar-refractivity contribution in [1.82, 2.24) is 25.2 Å². The van der Waals surface area contributed by atoms with Gasteiger partial charge in [-0.3, -0.25) is 4.79 Å². The van der Waals surface area contributed by atoms with E-state index in [1.807, 2.05) is 6.07 Å². The average molecular weight is 320 g/mol. The van der Waals surface area contributed by atoms with Crippen LogP contribution < -0.4 is 5.32 Å². The molecule has 8 nitrogen and oxygen atoms in total. The Hall–Kier alpha value is -3.55. The smallest absolute Gasteiger partial charge is 0.257 e. The number of oxazole rings is 1. The second-order valence-electron chi connectivity index (χ2n) is 5.14. The van der Waals surface area contributed by atoms with Crippen LogP contribution in [0.2, 0.25) is 0 Å². The van der Waals surface area contributed by atoms with Crippen LogP contribution in [0.1, 0.15) is 16.2 Å². The summed E-state index contributed by atoms with van der Waals surface area (Å²) < 4.78 is 6.93. The van der Waals surface area contributed by atoms with E-state index in [2.05, 4.69) is 25.8 Å². The third-order valence-corrected chi connectivity index (χ3v) is 3.50. The largest absolute Gasteiger partial charge is 0.441 e. The van der Waals surface area contributed by atoms with Crippen LogP contribution in [0, 0.1) is 6.92 Å². The van der Waals surface area contributed by atoms with E-state index in [-0.39, 0.29) is 5.91 Å². The monoisotopic (exact) mass is 320 g/mol. The van der Waals surface area contributed by atoms with E-state index < -0.39 is 0 Å². The molecule has 24 heavy (non-hydrogen) atoms. The van der Waals surface area contributed by atoms with Crippen LogP contribution in [0.15, 0.2) is 53.2 Å². The third-order valence-electron chi connectivity index (χ3n) is 3.50. The van der Waals surface area contributed by atoms with E-state index in [0.717, 1.165) is 5.52 Å².